The Labute approximate surface area is 574 Å². The van der Waals surface area contributed by atoms with Gasteiger partial charge in [0.05, 0.1) is 75.1 Å². The summed E-state index contributed by atoms with van der Waals surface area (Å²) in [6.45, 7) is 0.693. The molecule has 1 aliphatic heterocycles. The van der Waals surface area contributed by atoms with Crippen molar-refractivity contribution in [1.82, 2.24) is 15.7 Å². The molecule has 0 radical (unpaired) electrons. The van der Waals surface area contributed by atoms with Gasteiger partial charge in [0.1, 0.15) is 23.0 Å². The Balaban J connectivity index is 0.000000250. The van der Waals surface area contributed by atoms with Crippen LogP contribution in [0.4, 0.5) is 0 Å². The van der Waals surface area contributed by atoms with Gasteiger partial charge in [-0.1, -0.05) is 169 Å². The lowest BCUT2D eigenvalue weighted by molar-refractivity contribution is -0.197. The first-order valence-electron chi connectivity index (χ1n) is 31.4. The Morgan fingerprint density at radius 3 is 1.20 bits per heavy atom. The molecule has 1 aliphatic rings. The first-order chi connectivity index (χ1) is 47.2. The highest BCUT2D eigenvalue weighted by Gasteiger charge is 2.40. The highest BCUT2D eigenvalue weighted by atomic mass is 32.2. The Morgan fingerprint density at radius 1 is 0.464 bits per heavy atom. The van der Waals surface area contributed by atoms with Crippen LogP contribution < -0.4 is 29.6 Å². The minimum Gasteiger partial charge on any atom is -0.497 e. The summed E-state index contributed by atoms with van der Waals surface area (Å²) in [6.07, 6.45) is 1.10. The molecule has 0 aliphatic carbocycles. The zero-order chi connectivity index (χ0) is 69.0. The second-order valence-electron chi connectivity index (χ2n) is 22.1. The van der Waals surface area contributed by atoms with Gasteiger partial charge in [-0.25, -0.2) is 4.79 Å². The van der Waals surface area contributed by atoms with Crippen LogP contribution in [0.2, 0.25) is 0 Å². The van der Waals surface area contributed by atoms with Crippen LogP contribution in [-0.4, -0.2) is 95.9 Å². The van der Waals surface area contributed by atoms with E-state index in [9.17, 15) is 44.1 Å². The molecule has 4 amide bonds. The molecule has 9 rings (SSSR count). The normalized spacial score (nSPS) is 12.7. The Morgan fingerprint density at radius 2 is 0.835 bits per heavy atom. The maximum Gasteiger partial charge on any atom is 0.334 e. The van der Waals surface area contributed by atoms with Crippen LogP contribution in [-0.2, 0) is 69.4 Å². The number of benzene rings is 8. The number of nitrogens with zero attached hydrogens (tertiary/aromatic N) is 1. The van der Waals surface area contributed by atoms with Gasteiger partial charge >= 0.3 is 11.9 Å². The summed E-state index contributed by atoms with van der Waals surface area (Å²) < 4.78 is 20.5. The minimum absolute atomic E-state index is 0.00936. The molecule has 0 spiro atoms. The molecule has 1 saturated heterocycles. The Kier molecular flexibility index (Phi) is 27.3. The third kappa shape index (κ3) is 19.7. The zero-order valence-electron chi connectivity index (χ0n) is 54.5. The van der Waals surface area contributed by atoms with Crippen molar-refractivity contribution in [3.05, 3.63) is 261 Å². The molecule has 500 valence electrons. The topological polar surface area (TPSA) is 237 Å². The van der Waals surface area contributed by atoms with E-state index in [1.165, 1.54) is 23.5 Å². The largest absolute Gasteiger partial charge is 0.497 e. The van der Waals surface area contributed by atoms with Crippen molar-refractivity contribution in [2.24, 2.45) is 0 Å². The third-order valence-corrected chi connectivity index (χ3v) is 18.9. The van der Waals surface area contributed by atoms with E-state index in [2.05, 4.69) is 34.3 Å². The second kappa shape index (κ2) is 36.6. The van der Waals surface area contributed by atoms with E-state index in [0.717, 1.165) is 55.6 Å². The molecule has 97 heavy (non-hydrogen) atoms. The standard InChI is InChI=1S/C41H40N2O8S.C37H37NO6S/c1-49-35-19-16-33(17-20-35)41(32-14-12-30(28-44)13-15-32,52-25-24-40(48)51-43-38(46)22-23-39(43)47)34-18-21-36(50-2)31(26-34)10-6-7-11-37(45)42-27-29-8-4-3-5-9-29;1-43-33-19-16-31(17-20-33)37(45-23-22-36(41)42,30-14-12-28(26-39)13-15-30)32-18-21-34(44-2)29(24-32)10-6-7-11-35(40)38-25-27-8-4-3-5-9-27/h3-5,8-9,12-21,26,44H,7,11,22-25,27-28H2,1-2H3,(H,42,45);3-5,8-9,12-21,24,39H,7,11,22-23,25-26H2,1-2H3,(H,38,40)(H,41,42). The number of carboxylic acids is 1. The maximum absolute atomic E-state index is 12.9. The molecule has 8 aromatic carbocycles. The number of aliphatic hydroxyl groups is 2. The smallest absolute Gasteiger partial charge is 0.334 e. The molecular formula is C78H77N3O14S2. The number of methoxy groups -OCH3 is 4. The molecule has 0 aromatic heterocycles. The Bertz CT molecular complexity index is 3980. The predicted molar refractivity (Wildman–Crippen MR) is 374 cm³/mol. The first-order valence-corrected chi connectivity index (χ1v) is 33.4. The molecule has 1 heterocycles. The van der Waals surface area contributed by atoms with Gasteiger partial charge in [-0.15, -0.1) is 28.6 Å². The van der Waals surface area contributed by atoms with Crippen molar-refractivity contribution in [2.45, 2.75) is 87.2 Å². The van der Waals surface area contributed by atoms with Crippen LogP contribution in [0.5, 0.6) is 23.0 Å². The van der Waals surface area contributed by atoms with E-state index >= 15 is 0 Å². The fraction of sp³-hybridized carbons (Fsp3) is 0.256. The number of amides is 4. The van der Waals surface area contributed by atoms with Crippen LogP contribution >= 0.6 is 23.5 Å². The SMILES string of the molecule is COc1ccc(C(SCCC(=O)O)(c2ccc(CO)cc2)c2ccc(OC)c(C#CCCC(=O)NCc3ccccc3)c2)cc1.COc1ccc(C(SCCC(=O)ON2C(=O)CCC2=O)(c2ccc(CO)cc2)c2ccc(OC)c(C#CCCC(=O)NCc3ccccc3)c2)cc1. The van der Waals surface area contributed by atoms with E-state index in [-0.39, 0.29) is 69.3 Å². The summed E-state index contributed by atoms with van der Waals surface area (Å²) in [6, 6.07) is 61.6. The number of rotatable bonds is 29. The molecule has 2 atom stereocenters. The average molecular weight is 1340 g/mol. The number of ether oxygens (including phenoxy) is 4. The predicted octanol–water partition coefficient (Wildman–Crippen LogP) is 11.8. The highest BCUT2D eigenvalue weighted by molar-refractivity contribution is 8.00. The summed E-state index contributed by atoms with van der Waals surface area (Å²) >= 11 is 2.98. The van der Waals surface area contributed by atoms with E-state index in [4.69, 9.17) is 23.8 Å². The van der Waals surface area contributed by atoms with Gasteiger partial charge in [-0.05, 0) is 104 Å². The fourth-order valence-electron chi connectivity index (χ4n) is 10.7. The summed E-state index contributed by atoms with van der Waals surface area (Å²) in [5.41, 5.74) is 10.1. The second-order valence-corrected chi connectivity index (χ2v) is 24.7. The van der Waals surface area contributed by atoms with E-state index in [1.807, 2.05) is 194 Å². The van der Waals surface area contributed by atoms with Gasteiger partial charge in [0.2, 0.25) is 11.8 Å². The lowest BCUT2D eigenvalue weighted by Crippen LogP contribution is -2.32. The fourth-order valence-corrected chi connectivity index (χ4v) is 13.7. The third-order valence-electron chi connectivity index (χ3n) is 15.8. The van der Waals surface area contributed by atoms with Gasteiger partial charge in [0, 0.05) is 63.1 Å². The van der Waals surface area contributed by atoms with Crippen LogP contribution in [0.1, 0.15) is 118 Å². The molecule has 8 aromatic rings. The number of hydrogen-bond acceptors (Lipinski definition) is 15. The molecule has 19 heteroatoms. The van der Waals surface area contributed by atoms with E-state index in [1.54, 1.807) is 28.4 Å². The number of nitrogens with one attached hydrogen (secondary N) is 2. The summed E-state index contributed by atoms with van der Waals surface area (Å²) in [5.74, 6) is 12.9. The van der Waals surface area contributed by atoms with Gasteiger partial charge in [-0.3, -0.25) is 24.0 Å². The molecular weight excluding hydrogens is 1270 g/mol. The molecule has 1 fully saturated rings. The summed E-state index contributed by atoms with van der Waals surface area (Å²) in [4.78, 5) is 78.7. The van der Waals surface area contributed by atoms with Crippen molar-refractivity contribution in [2.75, 3.05) is 39.9 Å². The quantitative estimate of drug-likeness (QED) is 0.0166. The monoisotopic (exact) mass is 1340 g/mol. The molecule has 2 unspecified atom stereocenters. The number of thioether (sulfide) groups is 2. The number of imide groups is 1. The van der Waals surface area contributed by atoms with Crippen molar-refractivity contribution in [1.29, 1.82) is 0 Å². The molecule has 5 N–H and O–H groups in total. The summed E-state index contributed by atoms with van der Waals surface area (Å²) in [7, 11) is 6.35. The Hall–Kier alpha value is -10.3. The minimum atomic E-state index is -0.931. The number of aliphatic hydroxyl groups excluding tert-OH is 2. The highest BCUT2D eigenvalue weighted by Crippen LogP contribution is 2.52. The lowest BCUT2D eigenvalue weighted by atomic mass is 9.83. The van der Waals surface area contributed by atoms with Crippen molar-refractivity contribution >= 4 is 59.1 Å². The van der Waals surface area contributed by atoms with Crippen LogP contribution in [0.15, 0.2) is 194 Å². The maximum atomic E-state index is 12.9. The number of carbonyl (C=O) groups excluding carboxylic acids is 5. The average Bonchev–Trinajstić information content (AvgIpc) is 0.925. The summed E-state index contributed by atoms with van der Waals surface area (Å²) in [5, 5.41) is 35.4. The molecule has 17 nitrogen and oxygen atoms in total. The van der Waals surface area contributed by atoms with Crippen LogP contribution in [0, 0.1) is 23.7 Å². The number of carbonyl (C=O) groups is 6. The van der Waals surface area contributed by atoms with Crippen LogP contribution in [0.3, 0.4) is 0 Å². The van der Waals surface area contributed by atoms with E-state index in [0.29, 0.717) is 70.9 Å². The van der Waals surface area contributed by atoms with Crippen molar-refractivity contribution in [3.8, 4) is 46.7 Å². The first kappa shape index (κ1) is 72.5. The lowest BCUT2D eigenvalue weighted by Gasteiger charge is -2.36. The molecule has 0 bridgehead atoms. The number of aliphatic carboxylic acids is 1. The van der Waals surface area contributed by atoms with Gasteiger partial charge < -0.3 is 49.7 Å². The van der Waals surface area contributed by atoms with Crippen molar-refractivity contribution < 1.29 is 67.9 Å². The van der Waals surface area contributed by atoms with E-state index < -0.39 is 33.2 Å². The van der Waals surface area contributed by atoms with Crippen molar-refractivity contribution in [3.63, 3.8) is 0 Å². The van der Waals surface area contributed by atoms with Gasteiger partial charge in [0.15, 0.2) is 0 Å². The van der Waals surface area contributed by atoms with Crippen LogP contribution in [0.25, 0.3) is 0 Å². The molecule has 0 saturated carbocycles. The number of hydrogen-bond donors (Lipinski definition) is 5. The zero-order valence-corrected chi connectivity index (χ0v) is 56.1. The number of carboxylic acid groups (broad SMARTS) is 1. The van der Waals surface area contributed by atoms with Gasteiger partial charge in [-0.2, -0.15) is 0 Å². The number of hydroxylamine groups is 2. The van der Waals surface area contributed by atoms with Gasteiger partial charge in [0.25, 0.3) is 11.8 Å².